The normalized spacial score (nSPS) is 22.1. The van der Waals surface area contributed by atoms with Crippen molar-refractivity contribution in [3.8, 4) is 11.3 Å². The molecule has 0 spiro atoms. The van der Waals surface area contributed by atoms with Crippen LogP contribution in [-0.2, 0) is 6.54 Å². The van der Waals surface area contributed by atoms with Gasteiger partial charge < -0.3 is 10.3 Å². The van der Waals surface area contributed by atoms with Gasteiger partial charge in [-0.2, -0.15) is 13.2 Å². The standard InChI is InChI=1S/C15H16F3N3/c1-9-13(10-5-3-2-4-6-10)20-14-12(19)7-11(8-21(9)14)15(16,17)18/h2-6,11-12H,7-8,19H2,1H3. The number of nitrogens with two attached hydrogens (primary N) is 1. The number of hydrogen-bond acceptors (Lipinski definition) is 2. The Morgan fingerprint density at radius 1 is 1.24 bits per heavy atom. The molecule has 1 aromatic heterocycles. The highest BCUT2D eigenvalue weighted by Crippen LogP contribution is 2.39. The van der Waals surface area contributed by atoms with E-state index in [-0.39, 0.29) is 13.0 Å². The van der Waals surface area contributed by atoms with E-state index in [1.807, 2.05) is 30.3 Å². The van der Waals surface area contributed by atoms with Crippen molar-refractivity contribution in [2.24, 2.45) is 11.7 Å². The molecule has 2 N–H and O–H groups in total. The lowest BCUT2D eigenvalue weighted by Crippen LogP contribution is -2.37. The van der Waals surface area contributed by atoms with Crippen molar-refractivity contribution >= 4 is 0 Å². The van der Waals surface area contributed by atoms with E-state index >= 15 is 0 Å². The number of nitrogens with zero attached hydrogens (tertiary/aromatic N) is 2. The van der Waals surface area contributed by atoms with Crippen LogP contribution in [0.2, 0.25) is 0 Å². The lowest BCUT2D eigenvalue weighted by Gasteiger charge is -2.30. The Kier molecular flexibility index (Phi) is 3.28. The number of hydrogen-bond donors (Lipinski definition) is 1. The van der Waals surface area contributed by atoms with Crippen LogP contribution < -0.4 is 5.73 Å². The molecular formula is C15H16F3N3. The van der Waals surface area contributed by atoms with Crippen LogP contribution in [0.1, 0.15) is 24.0 Å². The van der Waals surface area contributed by atoms with Crippen LogP contribution in [-0.4, -0.2) is 15.7 Å². The van der Waals surface area contributed by atoms with Gasteiger partial charge in [-0.3, -0.25) is 0 Å². The number of alkyl halides is 3. The fourth-order valence-electron chi connectivity index (χ4n) is 2.88. The van der Waals surface area contributed by atoms with Crippen molar-refractivity contribution in [1.29, 1.82) is 0 Å². The average Bonchev–Trinajstić information content (AvgIpc) is 2.77. The van der Waals surface area contributed by atoms with Gasteiger partial charge in [0.15, 0.2) is 0 Å². The van der Waals surface area contributed by atoms with E-state index < -0.39 is 18.1 Å². The largest absolute Gasteiger partial charge is 0.393 e. The molecule has 0 saturated carbocycles. The SMILES string of the molecule is Cc1c(-c2ccccc2)nc2n1CC(C(F)(F)F)CC2N. The van der Waals surface area contributed by atoms with Gasteiger partial charge in [0.2, 0.25) is 0 Å². The van der Waals surface area contributed by atoms with Crippen LogP contribution in [0.4, 0.5) is 13.2 Å². The lowest BCUT2D eigenvalue weighted by atomic mass is 9.95. The molecule has 1 aliphatic heterocycles. The van der Waals surface area contributed by atoms with Crippen molar-refractivity contribution < 1.29 is 13.2 Å². The van der Waals surface area contributed by atoms with E-state index in [0.29, 0.717) is 11.5 Å². The van der Waals surface area contributed by atoms with Gasteiger partial charge in [-0.15, -0.1) is 0 Å². The zero-order valence-corrected chi connectivity index (χ0v) is 11.6. The smallest absolute Gasteiger partial charge is 0.330 e. The highest BCUT2D eigenvalue weighted by Gasteiger charge is 2.44. The molecule has 0 aliphatic carbocycles. The molecule has 2 heterocycles. The van der Waals surface area contributed by atoms with Gasteiger partial charge in [0, 0.05) is 17.8 Å². The van der Waals surface area contributed by atoms with Gasteiger partial charge in [0.05, 0.1) is 17.7 Å². The fraction of sp³-hybridized carbons (Fsp3) is 0.400. The minimum absolute atomic E-state index is 0.0990. The van der Waals surface area contributed by atoms with Crippen molar-refractivity contribution in [3.63, 3.8) is 0 Å². The summed E-state index contributed by atoms with van der Waals surface area (Å²) in [6.07, 6.45) is -4.33. The summed E-state index contributed by atoms with van der Waals surface area (Å²) in [6, 6.07) is 8.76. The van der Waals surface area contributed by atoms with E-state index in [1.54, 1.807) is 11.5 Å². The second kappa shape index (κ2) is 4.87. The summed E-state index contributed by atoms with van der Waals surface area (Å²) in [4.78, 5) is 4.49. The van der Waals surface area contributed by atoms with Crippen LogP contribution >= 0.6 is 0 Å². The summed E-state index contributed by atoms with van der Waals surface area (Å²) in [5.41, 5.74) is 8.25. The van der Waals surface area contributed by atoms with Crippen LogP contribution in [0, 0.1) is 12.8 Å². The van der Waals surface area contributed by atoms with Crippen molar-refractivity contribution in [3.05, 3.63) is 41.9 Å². The van der Waals surface area contributed by atoms with E-state index in [0.717, 1.165) is 11.3 Å². The monoisotopic (exact) mass is 295 g/mol. The molecule has 0 saturated heterocycles. The summed E-state index contributed by atoms with van der Waals surface area (Å²) < 4.78 is 40.6. The minimum Gasteiger partial charge on any atom is -0.330 e. The third-order valence-corrected chi connectivity index (χ3v) is 4.03. The maximum absolute atomic E-state index is 13.0. The molecule has 1 aromatic carbocycles. The molecule has 6 heteroatoms. The quantitative estimate of drug-likeness (QED) is 0.876. The highest BCUT2D eigenvalue weighted by molar-refractivity contribution is 5.62. The fourth-order valence-corrected chi connectivity index (χ4v) is 2.88. The van der Waals surface area contributed by atoms with Crippen LogP contribution in [0.25, 0.3) is 11.3 Å². The van der Waals surface area contributed by atoms with Crippen molar-refractivity contribution in [1.82, 2.24) is 9.55 Å². The summed E-state index contributed by atoms with van der Waals surface area (Å²) in [5.74, 6) is -0.858. The van der Waals surface area contributed by atoms with Crippen molar-refractivity contribution in [2.45, 2.75) is 32.1 Å². The number of benzene rings is 1. The predicted molar refractivity (Wildman–Crippen MR) is 73.5 cm³/mol. The number of imidazole rings is 1. The first-order chi connectivity index (χ1) is 9.88. The van der Waals surface area contributed by atoms with E-state index in [2.05, 4.69) is 4.98 Å². The predicted octanol–water partition coefficient (Wildman–Crippen LogP) is 3.44. The summed E-state index contributed by atoms with van der Waals surface area (Å²) >= 11 is 0. The number of aromatic nitrogens is 2. The molecule has 0 radical (unpaired) electrons. The van der Waals surface area contributed by atoms with Crippen LogP contribution in [0.5, 0.6) is 0 Å². The molecule has 21 heavy (non-hydrogen) atoms. The van der Waals surface area contributed by atoms with Gasteiger partial charge >= 0.3 is 6.18 Å². The Labute approximate surface area is 120 Å². The summed E-state index contributed by atoms with van der Waals surface area (Å²) in [7, 11) is 0. The molecule has 0 fully saturated rings. The Morgan fingerprint density at radius 2 is 1.90 bits per heavy atom. The molecular weight excluding hydrogens is 279 g/mol. The zero-order valence-electron chi connectivity index (χ0n) is 11.6. The molecule has 2 aromatic rings. The number of halogens is 3. The Balaban J connectivity index is 2.04. The van der Waals surface area contributed by atoms with Gasteiger partial charge in [-0.05, 0) is 13.3 Å². The Bertz CT molecular complexity index is 646. The van der Waals surface area contributed by atoms with Crippen molar-refractivity contribution in [2.75, 3.05) is 0 Å². The topological polar surface area (TPSA) is 43.8 Å². The number of fused-ring (bicyclic) bond motifs is 1. The van der Waals surface area contributed by atoms with Gasteiger partial charge in [-0.1, -0.05) is 30.3 Å². The maximum Gasteiger partial charge on any atom is 0.393 e. The number of rotatable bonds is 1. The second-order valence-electron chi connectivity index (χ2n) is 5.46. The first-order valence-corrected chi connectivity index (χ1v) is 6.82. The molecule has 0 amide bonds. The Morgan fingerprint density at radius 3 is 2.52 bits per heavy atom. The third-order valence-electron chi connectivity index (χ3n) is 4.03. The summed E-state index contributed by atoms with van der Waals surface area (Å²) in [6.45, 7) is 1.70. The van der Waals surface area contributed by atoms with E-state index in [1.165, 1.54) is 0 Å². The van der Waals surface area contributed by atoms with Gasteiger partial charge in [-0.25, -0.2) is 4.98 Å². The molecule has 3 nitrogen and oxygen atoms in total. The Hall–Kier alpha value is -1.82. The van der Waals surface area contributed by atoms with E-state index in [9.17, 15) is 13.2 Å². The zero-order chi connectivity index (χ0) is 15.2. The van der Waals surface area contributed by atoms with Crippen LogP contribution in [0.15, 0.2) is 30.3 Å². The highest BCUT2D eigenvalue weighted by atomic mass is 19.4. The molecule has 2 unspecified atom stereocenters. The first-order valence-electron chi connectivity index (χ1n) is 6.82. The molecule has 0 bridgehead atoms. The first kappa shape index (κ1) is 14.1. The lowest BCUT2D eigenvalue weighted by molar-refractivity contribution is -0.184. The second-order valence-corrected chi connectivity index (χ2v) is 5.46. The van der Waals surface area contributed by atoms with E-state index in [4.69, 9.17) is 5.73 Å². The van der Waals surface area contributed by atoms with Crippen LogP contribution in [0.3, 0.4) is 0 Å². The third kappa shape index (κ3) is 2.44. The average molecular weight is 295 g/mol. The van der Waals surface area contributed by atoms with Gasteiger partial charge in [0.25, 0.3) is 0 Å². The van der Waals surface area contributed by atoms with Gasteiger partial charge in [0.1, 0.15) is 5.82 Å². The maximum atomic E-state index is 13.0. The molecule has 2 atom stereocenters. The molecule has 112 valence electrons. The summed E-state index contributed by atoms with van der Waals surface area (Å²) in [5, 5.41) is 0. The molecule has 1 aliphatic rings. The minimum atomic E-state index is -4.22. The molecule has 3 rings (SSSR count).